The number of methoxy groups -OCH3 is 2. The fourth-order valence-electron chi connectivity index (χ4n) is 11.7. The minimum atomic E-state index is -0.790. The predicted molar refractivity (Wildman–Crippen MR) is 283 cm³/mol. The summed E-state index contributed by atoms with van der Waals surface area (Å²) in [5.41, 5.74) is 4.74. The first-order valence-electron chi connectivity index (χ1n) is 25.7. The Bertz CT molecular complexity index is 3020. The molecule has 11 rings (SSSR count). The van der Waals surface area contributed by atoms with Gasteiger partial charge >= 0.3 is 12.2 Å². The number of aromatic nitrogens is 4. The number of nitrogens with zero attached hydrogens (tertiary/aromatic N) is 5. The van der Waals surface area contributed by atoms with Gasteiger partial charge in [-0.1, -0.05) is 42.5 Å². The lowest BCUT2D eigenvalue weighted by Gasteiger charge is -2.39. The minimum Gasteiger partial charge on any atom is -0.464 e. The number of nitrogens with one attached hydrogen (secondary N) is 5. The molecular formula is C53H62FIN10O8S. The van der Waals surface area contributed by atoms with Crippen LogP contribution in [0.4, 0.5) is 14.0 Å². The fourth-order valence-corrected chi connectivity index (χ4v) is 13.9. The Morgan fingerprint density at radius 3 is 2.43 bits per heavy atom. The molecule has 21 heteroatoms. The SMILES string of the molecule is COC(=O)NC(C(=O)N1[C@H](I)CC[C@H]1c1ncc(-c2ccc3c(c2)cc2n3C(c3cnc(C4CC4)s3)Oc3cc(C4=CNC([C@@H]5CCCN5C(=O)[C@@H](NC(=O)OC)C(C)C)N4)cc(F)c3-2)[nH]1)C1C[C@@H](C)O[C@@H](C)C1. The van der Waals surface area contributed by atoms with Gasteiger partial charge in [-0.05, 0) is 107 Å². The van der Waals surface area contributed by atoms with Gasteiger partial charge in [0.05, 0.1) is 86.8 Å². The number of fused-ring (bicyclic) bond motifs is 5. The van der Waals surface area contributed by atoms with Crippen LogP contribution in [0.25, 0.3) is 39.1 Å². The first-order valence-corrected chi connectivity index (χ1v) is 27.7. The Balaban J connectivity index is 0.878. The van der Waals surface area contributed by atoms with Crippen molar-refractivity contribution in [1.82, 2.24) is 50.6 Å². The Labute approximate surface area is 446 Å². The van der Waals surface area contributed by atoms with Gasteiger partial charge in [0, 0.05) is 41.4 Å². The number of carbonyl (C=O) groups excluding carboxylic acids is 4. The van der Waals surface area contributed by atoms with E-state index in [0.717, 1.165) is 64.1 Å². The van der Waals surface area contributed by atoms with Crippen LogP contribution in [0.5, 0.6) is 5.75 Å². The van der Waals surface area contributed by atoms with Crippen molar-refractivity contribution in [2.75, 3.05) is 20.8 Å². The van der Waals surface area contributed by atoms with E-state index >= 15 is 4.39 Å². The number of H-pyrrole nitrogens is 1. The van der Waals surface area contributed by atoms with E-state index < -0.39 is 36.3 Å². The third-order valence-electron chi connectivity index (χ3n) is 15.4. The van der Waals surface area contributed by atoms with Crippen LogP contribution in [0.15, 0.2) is 55.0 Å². The van der Waals surface area contributed by atoms with Crippen LogP contribution in [0.1, 0.15) is 119 Å². The third kappa shape index (κ3) is 9.45. The third-order valence-corrected chi connectivity index (χ3v) is 17.9. The molecule has 10 atom stereocenters. The molecular weight excluding hydrogens is 1080 g/mol. The first kappa shape index (κ1) is 50.2. The van der Waals surface area contributed by atoms with E-state index in [0.29, 0.717) is 65.8 Å². The maximum absolute atomic E-state index is 17.0. The highest BCUT2D eigenvalue weighted by molar-refractivity contribution is 14.1. The summed E-state index contributed by atoms with van der Waals surface area (Å²) in [4.78, 5) is 71.2. The lowest BCUT2D eigenvalue weighted by molar-refractivity contribution is -0.139. The molecule has 0 radical (unpaired) electrons. The van der Waals surface area contributed by atoms with Crippen molar-refractivity contribution >= 4 is 74.5 Å². The highest BCUT2D eigenvalue weighted by Gasteiger charge is 2.46. The Hall–Kier alpha value is -5.94. The number of hydrogen-bond acceptors (Lipinski definition) is 13. The highest BCUT2D eigenvalue weighted by atomic mass is 127. The fraction of sp³-hybridized carbons (Fsp3) is 0.509. The van der Waals surface area contributed by atoms with Crippen molar-refractivity contribution in [2.45, 2.75) is 138 Å². The number of halogens is 2. The summed E-state index contributed by atoms with van der Waals surface area (Å²) in [6.45, 7) is 8.31. The van der Waals surface area contributed by atoms with Crippen molar-refractivity contribution in [3.63, 3.8) is 0 Å². The Morgan fingerprint density at radius 2 is 1.69 bits per heavy atom. The predicted octanol–water partition coefficient (Wildman–Crippen LogP) is 8.65. The number of alkyl halides is 1. The summed E-state index contributed by atoms with van der Waals surface area (Å²) in [6.07, 6.45) is 9.55. The van der Waals surface area contributed by atoms with E-state index in [1.54, 1.807) is 17.5 Å². The van der Waals surface area contributed by atoms with Gasteiger partial charge in [-0.15, -0.1) is 11.3 Å². The number of benzene rings is 2. The number of hydrogen-bond donors (Lipinski definition) is 5. The number of ether oxygens (including phenoxy) is 4. The van der Waals surface area contributed by atoms with Gasteiger partial charge in [0.1, 0.15) is 35.6 Å². The molecule has 8 heterocycles. The van der Waals surface area contributed by atoms with E-state index in [1.165, 1.54) is 20.3 Å². The molecule has 2 aromatic carbocycles. The number of amides is 4. The zero-order chi connectivity index (χ0) is 51.7. The van der Waals surface area contributed by atoms with Crippen molar-refractivity contribution in [1.29, 1.82) is 0 Å². The molecule has 4 unspecified atom stereocenters. The molecule has 3 aromatic heterocycles. The molecule has 74 heavy (non-hydrogen) atoms. The summed E-state index contributed by atoms with van der Waals surface area (Å²) in [5.74, 6) is 0.399. The number of carbonyl (C=O) groups is 4. The average Bonchev–Trinajstić information content (AvgIpc) is 4.09. The summed E-state index contributed by atoms with van der Waals surface area (Å²) in [5, 5.41) is 14.5. The lowest BCUT2D eigenvalue weighted by atomic mass is 9.85. The van der Waals surface area contributed by atoms with Crippen molar-refractivity contribution < 1.29 is 42.5 Å². The standard InChI is InChI=1S/C53H62FIN10O8S/c1-25(2)44(61-52(68)70-5)49(66)63-15-7-8-37(63)46-56-23-35(60-46)30-19-33(54)43-39-20-31-18-29(11-12-36(31)64(39)51(73-40(43)21-30)41-24-58-48(74-41)28-9-10-28)34-22-57-47(59-34)38-13-14-42(55)65(38)50(67)45(62-53(69)71-6)32-16-26(3)72-27(4)17-32/h11-12,18-28,32,37-38,42,44-46,51,56,60H,7-10,13-17H2,1-6H3,(H,57,59)(H,61,68)(H,62,69)/t26-,27+,32?,37-,38-,42-,44-,45?,46?,51?/m0/s1. The second-order valence-electron chi connectivity index (χ2n) is 20.9. The number of alkyl carbamates (subject to hydrolysis) is 2. The maximum Gasteiger partial charge on any atom is 0.407 e. The summed E-state index contributed by atoms with van der Waals surface area (Å²) >= 11 is 3.94. The Morgan fingerprint density at radius 1 is 0.919 bits per heavy atom. The summed E-state index contributed by atoms with van der Waals surface area (Å²) < 4.78 is 41.7. The quantitative estimate of drug-likeness (QED) is 0.0452. The number of likely N-dealkylation sites (tertiary alicyclic amines) is 2. The summed E-state index contributed by atoms with van der Waals surface area (Å²) in [7, 11) is 2.58. The monoisotopic (exact) mass is 1140 g/mol. The van der Waals surface area contributed by atoms with Crippen molar-refractivity contribution in [2.24, 2.45) is 11.8 Å². The number of imidazole rings is 1. The lowest BCUT2D eigenvalue weighted by Crippen LogP contribution is -2.57. The van der Waals surface area contributed by atoms with E-state index in [-0.39, 0.29) is 58.2 Å². The van der Waals surface area contributed by atoms with E-state index in [2.05, 4.69) is 59.5 Å². The molecule has 5 aliphatic heterocycles. The molecule has 4 amide bonds. The zero-order valence-electron chi connectivity index (χ0n) is 42.2. The second-order valence-corrected chi connectivity index (χ2v) is 23.4. The van der Waals surface area contributed by atoms with Crippen LogP contribution < -0.4 is 26.0 Å². The van der Waals surface area contributed by atoms with Crippen LogP contribution in [0.2, 0.25) is 0 Å². The molecule has 0 bridgehead atoms. The van der Waals surface area contributed by atoms with Gasteiger partial charge in [0.15, 0.2) is 0 Å². The molecule has 4 fully saturated rings. The van der Waals surface area contributed by atoms with Gasteiger partial charge in [-0.2, -0.15) is 0 Å². The van der Waals surface area contributed by atoms with Crippen LogP contribution in [-0.4, -0.2) is 115 Å². The molecule has 5 N–H and O–H groups in total. The van der Waals surface area contributed by atoms with Crippen LogP contribution in [-0.2, 0) is 23.8 Å². The van der Waals surface area contributed by atoms with Crippen LogP contribution in [0.3, 0.4) is 0 Å². The Kier molecular flexibility index (Phi) is 13.8. The maximum atomic E-state index is 17.0. The largest absolute Gasteiger partial charge is 0.464 e. The molecule has 0 spiro atoms. The normalized spacial score (nSPS) is 26.1. The average molecular weight is 1150 g/mol. The topological polar surface area (TPSA) is 206 Å². The van der Waals surface area contributed by atoms with Gasteiger partial charge in [-0.25, -0.2) is 23.9 Å². The molecule has 18 nitrogen and oxygen atoms in total. The molecule has 5 aromatic rings. The van der Waals surface area contributed by atoms with Crippen LogP contribution in [0, 0.1) is 17.7 Å². The molecule has 392 valence electrons. The van der Waals surface area contributed by atoms with Crippen molar-refractivity contribution in [3.8, 4) is 28.3 Å². The van der Waals surface area contributed by atoms with Crippen molar-refractivity contribution in [3.05, 3.63) is 82.1 Å². The highest BCUT2D eigenvalue weighted by Crippen LogP contribution is 2.50. The van der Waals surface area contributed by atoms with Crippen LogP contribution >= 0.6 is 33.9 Å². The molecule has 3 saturated heterocycles. The molecule has 1 saturated carbocycles. The van der Waals surface area contributed by atoms with Gasteiger partial charge in [0.25, 0.3) is 0 Å². The molecule has 6 aliphatic rings. The smallest absolute Gasteiger partial charge is 0.407 e. The van der Waals surface area contributed by atoms with Gasteiger partial charge in [0.2, 0.25) is 18.0 Å². The van der Waals surface area contributed by atoms with E-state index in [1.807, 2.05) is 74.2 Å². The van der Waals surface area contributed by atoms with Gasteiger partial charge in [-0.3, -0.25) is 14.2 Å². The minimum absolute atomic E-state index is 0.0592. The van der Waals surface area contributed by atoms with E-state index in [4.69, 9.17) is 28.9 Å². The van der Waals surface area contributed by atoms with E-state index in [9.17, 15) is 19.2 Å². The van der Waals surface area contributed by atoms with Gasteiger partial charge < -0.3 is 55.0 Å². The number of rotatable bonds is 12. The molecule has 1 aliphatic carbocycles. The second kappa shape index (κ2) is 20.3. The summed E-state index contributed by atoms with van der Waals surface area (Å²) in [6, 6.07) is 9.40. The first-order chi connectivity index (χ1) is 35.7. The zero-order valence-corrected chi connectivity index (χ0v) is 45.1. The number of thiazole rings is 1. The number of aromatic amines is 1.